The Bertz CT molecular complexity index is 368. The lowest BCUT2D eigenvalue weighted by Crippen LogP contribution is -2.55. The zero-order valence-electron chi connectivity index (χ0n) is 8.71. The van der Waals surface area contributed by atoms with Gasteiger partial charge in [-0.15, -0.1) is 5.10 Å². The fourth-order valence-electron chi connectivity index (χ4n) is 1.59. The third-order valence-electron chi connectivity index (χ3n) is 2.75. The summed E-state index contributed by atoms with van der Waals surface area (Å²) >= 11 is 0. The fourth-order valence-corrected chi connectivity index (χ4v) is 1.59. The van der Waals surface area contributed by atoms with Crippen molar-refractivity contribution in [1.29, 1.82) is 0 Å². The highest BCUT2D eigenvalue weighted by Crippen LogP contribution is 2.27. The van der Waals surface area contributed by atoms with Gasteiger partial charge in [-0.25, -0.2) is 4.98 Å². The van der Waals surface area contributed by atoms with E-state index in [2.05, 4.69) is 20.5 Å². The van der Waals surface area contributed by atoms with E-state index in [1.54, 1.807) is 6.92 Å². The van der Waals surface area contributed by atoms with Crippen LogP contribution in [-0.4, -0.2) is 33.2 Å². The van der Waals surface area contributed by atoms with Crippen molar-refractivity contribution in [3.8, 4) is 0 Å². The SMILES string of the molecule is Cc1nc(C(=O)NCC2(N)CCC2)n[nH]1. The molecule has 6 nitrogen and oxygen atoms in total. The van der Waals surface area contributed by atoms with Crippen molar-refractivity contribution in [1.82, 2.24) is 20.5 Å². The third kappa shape index (κ3) is 2.15. The van der Waals surface area contributed by atoms with Gasteiger partial charge < -0.3 is 11.1 Å². The lowest BCUT2D eigenvalue weighted by molar-refractivity contribution is 0.0919. The molecule has 1 heterocycles. The Labute approximate surface area is 87.6 Å². The Morgan fingerprint density at radius 2 is 2.40 bits per heavy atom. The molecule has 0 saturated heterocycles. The van der Waals surface area contributed by atoms with Gasteiger partial charge in [0.25, 0.3) is 5.91 Å². The fraction of sp³-hybridized carbons (Fsp3) is 0.667. The number of hydrogen-bond acceptors (Lipinski definition) is 4. The maximum Gasteiger partial charge on any atom is 0.291 e. The van der Waals surface area contributed by atoms with Gasteiger partial charge in [0.15, 0.2) is 0 Å². The highest BCUT2D eigenvalue weighted by atomic mass is 16.2. The highest BCUT2D eigenvalue weighted by Gasteiger charge is 2.32. The van der Waals surface area contributed by atoms with E-state index in [9.17, 15) is 4.79 Å². The lowest BCUT2D eigenvalue weighted by Gasteiger charge is -2.37. The molecule has 0 bridgehead atoms. The number of nitrogens with one attached hydrogen (secondary N) is 2. The molecule has 1 aliphatic rings. The molecular weight excluding hydrogens is 194 g/mol. The van der Waals surface area contributed by atoms with Crippen LogP contribution in [0.15, 0.2) is 0 Å². The van der Waals surface area contributed by atoms with Gasteiger partial charge >= 0.3 is 0 Å². The zero-order valence-corrected chi connectivity index (χ0v) is 8.71. The molecule has 82 valence electrons. The van der Waals surface area contributed by atoms with Crippen molar-refractivity contribution in [2.75, 3.05) is 6.54 Å². The maximum atomic E-state index is 11.5. The Kier molecular flexibility index (Phi) is 2.44. The minimum absolute atomic E-state index is 0.176. The van der Waals surface area contributed by atoms with Gasteiger partial charge in [-0.2, -0.15) is 0 Å². The minimum atomic E-state index is -0.268. The largest absolute Gasteiger partial charge is 0.347 e. The average molecular weight is 209 g/mol. The van der Waals surface area contributed by atoms with Crippen LogP contribution in [0.1, 0.15) is 35.7 Å². The van der Waals surface area contributed by atoms with Crippen molar-refractivity contribution in [2.24, 2.45) is 5.73 Å². The molecule has 1 saturated carbocycles. The van der Waals surface area contributed by atoms with Crippen molar-refractivity contribution < 1.29 is 4.79 Å². The molecule has 6 heteroatoms. The second-order valence-corrected chi connectivity index (χ2v) is 4.14. The number of carbonyl (C=O) groups excluding carboxylic acids is 1. The van der Waals surface area contributed by atoms with Gasteiger partial charge in [0.2, 0.25) is 5.82 Å². The Morgan fingerprint density at radius 1 is 1.67 bits per heavy atom. The number of rotatable bonds is 3. The van der Waals surface area contributed by atoms with Gasteiger partial charge in [0.1, 0.15) is 5.82 Å². The molecule has 2 rings (SSSR count). The Hall–Kier alpha value is -1.43. The van der Waals surface area contributed by atoms with E-state index in [0.717, 1.165) is 19.3 Å². The molecule has 0 unspecified atom stereocenters. The molecule has 4 N–H and O–H groups in total. The third-order valence-corrected chi connectivity index (χ3v) is 2.75. The van der Waals surface area contributed by atoms with Crippen LogP contribution in [0.2, 0.25) is 0 Å². The maximum absolute atomic E-state index is 11.5. The standard InChI is InChI=1S/C9H15N5O/c1-6-12-7(14-13-6)8(15)11-5-9(10)3-2-4-9/h2-5,10H2,1H3,(H,11,15)(H,12,13,14). The molecule has 1 amide bonds. The van der Waals surface area contributed by atoms with Gasteiger partial charge in [-0.05, 0) is 26.2 Å². The van der Waals surface area contributed by atoms with Crippen molar-refractivity contribution in [3.63, 3.8) is 0 Å². The summed E-state index contributed by atoms with van der Waals surface area (Å²) < 4.78 is 0. The summed E-state index contributed by atoms with van der Waals surface area (Å²) in [6, 6.07) is 0. The monoisotopic (exact) mass is 209 g/mol. The molecule has 15 heavy (non-hydrogen) atoms. The van der Waals surface area contributed by atoms with Gasteiger partial charge in [-0.3, -0.25) is 9.89 Å². The van der Waals surface area contributed by atoms with Crippen molar-refractivity contribution in [2.45, 2.75) is 31.7 Å². The first-order chi connectivity index (χ1) is 7.09. The summed E-state index contributed by atoms with van der Waals surface area (Å²) in [5.41, 5.74) is 5.76. The molecule has 0 radical (unpaired) electrons. The van der Waals surface area contributed by atoms with Crippen LogP contribution in [0, 0.1) is 6.92 Å². The van der Waals surface area contributed by atoms with Crippen LogP contribution in [-0.2, 0) is 0 Å². The second-order valence-electron chi connectivity index (χ2n) is 4.14. The molecule has 1 fully saturated rings. The van der Waals surface area contributed by atoms with Crippen LogP contribution in [0.4, 0.5) is 0 Å². The summed E-state index contributed by atoms with van der Waals surface area (Å²) in [6.07, 6.45) is 3.09. The van der Waals surface area contributed by atoms with Crippen LogP contribution < -0.4 is 11.1 Å². The number of amides is 1. The first-order valence-electron chi connectivity index (χ1n) is 5.05. The minimum Gasteiger partial charge on any atom is -0.347 e. The van der Waals surface area contributed by atoms with Crippen LogP contribution in [0.5, 0.6) is 0 Å². The predicted molar refractivity (Wildman–Crippen MR) is 54.2 cm³/mol. The Balaban J connectivity index is 1.87. The van der Waals surface area contributed by atoms with Crippen LogP contribution in [0.3, 0.4) is 0 Å². The number of aromatic amines is 1. The number of carbonyl (C=O) groups is 1. The molecule has 1 aromatic rings. The number of nitrogens with zero attached hydrogens (tertiary/aromatic N) is 2. The van der Waals surface area contributed by atoms with Gasteiger partial charge in [0, 0.05) is 12.1 Å². The van der Waals surface area contributed by atoms with Crippen LogP contribution in [0.25, 0.3) is 0 Å². The van der Waals surface area contributed by atoms with E-state index in [1.165, 1.54) is 0 Å². The number of aromatic nitrogens is 3. The summed E-state index contributed by atoms with van der Waals surface area (Å²) in [5.74, 6) is 0.540. The Morgan fingerprint density at radius 3 is 2.87 bits per heavy atom. The van der Waals surface area contributed by atoms with E-state index in [0.29, 0.717) is 12.4 Å². The quantitative estimate of drug-likeness (QED) is 0.638. The molecule has 0 spiro atoms. The normalized spacial score (nSPS) is 18.3. The van der Waals surface area contributed by atoms with Crippen molar-refractivity contribution >= 4 is 5.91 Å². The molecule has 0 atom stereocenters. The number of nitrogens with two attached hydrogens (primary N) is 1. The van der Waals surface area contributed by atoms with E-state index < -0.39 is 0 Å². The predicted octanol–water partition coefficient (Wildman–Crippen LogP) is -0.276. The van der Waals surface area contributed by atoms with Crippen molar-refractivity contribution in [3.05, 3.63) is 11.6 Å². The smallest absolute Gasteiger partial charge is 0.291 e. The zero-order chi connectivity index (χ0) is 10.9. The van der Waals surface area contributed by atoms with Gasteiger partial charge in [-0.1, -0.05) is 0 Å². The summed E-state index contributed by atoms with van der Waals surface area (Å²) in [7, 11) is 0. The summed E-state index contributed by atoms with van der Waals surface area (Å²) in [4.78, 5) is 15.5. The number of aryl methyl sites for hydroxylation is 1. The first kappa shape index (κ1) is 10.1. The highest BCUT2D eigenvalue weighted by molar-refractivity contribution is 5.90. The van der Waals surface area contributed by atoms with Crippen LogP contribution >= 0.6 is 0 Å². The van der Waals surface area contributed by atoms with E-state index in [4.69, 9.17) is 5.73 Å². The van der Waals surface area contributed by atoms with Gasteiger partial charge in [0.05, 0.1) is 0 Å². The topological polar surface area (TPSA) is 96.7 Å². The number of hydrogen-bond donors (Lipinski definition) is 3. The van der Waals surface area contributed by atoms with E-state index >= 15 is 0 Å². The molecular formula is C9H15N5O. The average Bonchev–Trinajstić information content (AvgIpc) is 2.58. The summed E-state index contributed by atoms with van der Waals surface area (Å²) in [6.45, 7) is 2.25. The molecule has 0 aliphatic heterocycles. The molecule has 1 aliphatic carbocycles. The molecule has 0 aromatic carbocycles. The van der Waals surface area contributed by atoms with E-state index in [-0.39, 0.29) is 17.3 Å². The summed E-state index contributed by atoms with van der Waals surface area (Å²) in [5, 5.41) is 9.14. The van der Waals surface area contributed by atoms with E-state index in [1.807, 2.05) is 0 Å². The lowest BCUT2D eigenvalue weighted by atomic mass is 9.78. The number of H-pyrrole nitrogens is 1. The molecule has 1 aromatic heterocycles. The first-order valence-corrected chi connectivity index (χ1v) is 5.05. The second kappa shape index (κ2) is 3.62.